The van der Waals surface area contributed by atoms with Crippen LogP contribution in [0.1, 0.15) is 31.9 Å². The van der Waals surface area contributed by atoms with E-state index in [4.69, 9.17) is 4.74 Å². The number of rotatable bonds is 6. The molecule has 33 heavy (non-hydrogen) atoms. The maximum atomic E-state index is 13.3. The highest BCUT2D eigenvalue weighted by Crippen LogP contribution is 2.30. The molecule has 2 atom stereocenters. The Morgan fingerprint density at radius 1 is 1.21 bits per heavy atom. The van der Waals surface area contributed by atoms with Crippen LogP contribution in [-0.4, -0.2) is 46.7 Å². The molecular formula is C25H31N5O3. The van der Waals surface area contributed by atoms with Gasteiger partial charge in [-0.2, -0.15) is 0 Å². The number of hydrogen-bond donors (Lipinski definition) is 4. The second-order valence-electron chi connectivity index (χ2n) is 9.46. The van der Waals surface area contributed by atoms with Crippen LogP contribution in [0.2, 0.25) is 0 Å². The van der Waals surface area contributed by atoms with Gasteiger partial charge in [-0.05, 0) is 50.8 Å². The number of amides is 2. The van der Waals surface area contributed by atoms with E-state index in [2.05, 4.69) is 25.9 Å². The molecule has 0 radical (unpaired) electrons. The lowest BCUT2D eigenvalue weighted by atomic mass is 9.98. The molecule has 8 nitrogen and oxygen atoms in total. The molecule has 174 valence electrons. The van der Waals surface area contributed by atoms with E-state index in [9.17, 15) is 9.59 Å². The number of aromatic amines is 1. The van der Waals surface area contributed by atoms with Gasteiger partial charge in [0.15, 0.2) is 0 Å². The minimum atomic E-state index is -0.583. The number of pyridine rings is 1. The van der Waals surface area contributed by atoms with Gasteiger partial charge < -0.3 is 25.7 Å². The van der Waals surface area contributed by atoms with E-state index < -0.39 is 11.7 Å². The van der Waals surface area contributed by atoms with Crippen LogP contribution in [0.25, 0.3) is 11.0 Å². The predicted molar refractivity (Wildman–Crippen MR) is 128 cm³/mol. The van der Waals surface area contributed by atoms with Crippen molar-refractivity contribution in [2.75, 3.05) is 18.4 Å². The quantitative estimate of drug-likeness (QED) is 0.461. The molecule has 4 rings (SSSR count). The first-order valence-electron chi connectivity index (χ1n) is 11.3. The summed E-state index contributed by atoms with van der Waals surface area (Å²) in [6.07, 6.45) is 4.39. The van der Waals surface area contributed by atoms with Gasteiger partial charge in [0.05, 0.1) is 12.0 Å². The number of carbonyl (C=O) groups excluding carboxylic acids is 2. The maximum Gasteiger partial charge on any atom is 0.407 e. The Bertz CT molecular complexity index is 1120. The summed E-state index contributed by atoms with van der Waals surface area (Å²) in [6, 6.07) is 11.6. The summed E-state index contributed by atoms with van der Waals surface area (Å²) >= 11 is 0. The standard InChI is InChI=1S/C25H31N5O3/c1-25(2,3)33-24(32)29-15-19(11-16-7-5-4-6-8-16)30-23(31)18-12-17-13-28-22-21(17)20(27-14-18)9-10-26-22/h4-10,13,18-19,27H,11-12,14-15H2,1-3H3,(H,26,28)(H,29,32)(H,30,31)/t18?,19-/m0/s1. The molecule has 8 heteroatoms. The van der Waals surface area contributed by atoms with E-state index in [0.29, 0.717) is 19.4 Å². The third-order valence-electron chi connectivity index (χ3n) is 5.59. The number of benzene rings is 1. The number of nitrogens with zero attached hydrogens (tertiary/aromatic N) is 1. The minimum Gasteiger partial charge on any atom is -0.444 e. The zero-order chi connectivity index (χ0) is 23.4. The Hall–Kier alpha value is -3.55. The van der Waals surface area contributed by atoms with E-state index >= 15 is 0 Å². The average molecular weight is 450 g/mol. The van der Waals surface area contributed by atoms with Crippen LogP contribution in [0.4, 0.5) is 10.5 Å². The molecule has 0 saturated heterocycles. The van der Waals surface area contributed by atoms with Crippen molar-refractivity contribution in [2.24, 2.45) is 5.92 Å². The number of anilines is 1. The lowest BCUT2D eigenvalue weighted by Crippen LogP contribution is -2.48. The fourth-order valence-corrected chi connectivity index (χ4v) is 4.10. The summed E-state index contributed by atoms with van der Waals surface area (Å²) in [5.41, 5.74) is 3.38. The Morgan fingerprint density at radius 2 is 2.00 bits per heavy atom. The molecule has 1 aromatic carbocycles. The molecule has 4 N–H and O–H groups in total. The third-order valence-corrected chi connectivity index (χ3v) is 5.59. The van der Waals surface area contributed by atoms with Gasteiger partial charge in [-0.25, -0.2) is 9.78 Å². The first-order chi connectivity index (χ1) is 15.8. The molecule has 1 unspecified atom stereocenters. The molecule has 2 aromatic heterocycles. The lowest BCUT2D eigenvalue weighted by molar-refractivity contribution is -0.125. The molecule has 3 heterocycles. The largest absolute Gasteiger partial charge is 0.444 e. The molecule has 1 aliphatic heterocycles. The fourth-order valence-electron chi connectivity index (χ4n) is 4.10. The summed E-state index contributed by atoms with van der Waals surface area (Å²) < 4.78 is 5.35. The van der Waals surface area contributed by atoms with Crippen LogP contribution in [0, 0.1) is 5.92 Å². The fraction of sp³-hybridized carbons (Fsp3) is 0.400. The summed E-state index contributed by atoms with van der Waals surface area (Å²) in [7, 11) is 0. The van der Waals surface area contributed by atoms with E-state index in [1.807, 2.05) is 63.4 Å². The molecule has 2 amide bonds. The van der Waals surface area contributed by atoms with Crippen LogP contribution >= 0.6 is 0 Å². The summed E-state index contributed by atoms with van der Waals surface area (Å²) in [5, 5.41) is 10.4. The van der Waals surface area contributed by atoms with Crippen molar-refractivity contribution >= 4 is 28.7 Å². The topological polar surface area (TPSA) is 108 Å². The first kappa shape index (κ1) is 22.6. The average Bonchev–Trinajstić information content (AvgIpc) is 3.07. The van der Waals surface area contributed by atoms with Crippen molar-refractivity contribution in [2.45, 2.75) is 45.3 Å². The van der Waals surface area contributed by atoms with Crippen molar-refractivity contribution in [1.82, 2.24) is 20.6 Å². The van der Waals surface area contributed by atoms with Crippen molar-refractivity contribution in [1.29, 1.82) is 0 Å². The van der Waals surface area contributed by atoms with Crippen molar-refractivity contribution in [3.05, 3.63) is 59.9 Å². The SMILES string of the molecule is CC(C)(C)OC(=O)NC[C@H](Cc1ccccc1)NC(=O)C1CNc2ccnc3[nH]cc(c23)C1. The van der Waals surface area contributed by atoms with Crippen LogP contribution in [0.3, 0.4) is 0 Å². The van der Waals surface area contributed by atoms with E-state index in [1.54, 1.807) is 6.20 Å². The molecule has 0 fully saturated rings. The lowest BCUT2D eigenvalue weighted by Gasteiger charge is -2.24. The van der Waals surface area contributed by atoms with E-state index in [1.165, 1.54) is 0 Å². The molecule has 3 aromatic rings. The Balaban J connectivity index is 1.44. The minimum absolute atomic E-state index is 0.0514. The predicted octanol–water partition coefficient (Wildman–Crippen LogP) is 3.40. The summed E-state index contributed by atoms with van der Waals surface area (Å²) in [4.78, 5) is 33.0. The number of ether oxygens (including phenoxy) is 1. The number of alkyl carbamates (subject to hydrolysis) is 1. The molecule has 0 spiro atoms. The van der Waals surface area contributed by atoms with Crippen LogP contribution in [0.5, 0.6) is 0 Å². The Morgan fingerprint density at radius 3 is 2.76 bits per heavy atom. The molecule has 0 aliphatic carbocycles. The van der Waals surface area contributed by atoms with Crippen molar-refractivity contribution in [3.63, 3.8) is 0 Å². The first-order valence-corrected chi connectivity index (χ1v) is 11.3. The number of H-pyrrole nitrogens is 1. The highest BCUT2D eigenvalue weighted by atomic mass is 16.6. The maximum absolute atomic E-state index is 13.3. The normalized spacial score (nSPS) is 16.4. The van der Waals surface area contributed by atoms with Gasteiger partial charge >= 0.3 is 6.09 Å². The summed E-state index contributed by atoms with van der Waals surface area (Å²) in [5.74, 6) is -0.305. The smallest absolute Gasteiger partial charge is 0.407 e. The number of hydrogen-bond acceptors (Lipinski definition) is 5. The van der Waals surface area contributed by atoms with Gasteiger partial charge in [0.25, 0.3) is 0 Å². The molecular weight excluding hydrogens is 418 g/mol. The van der Waals surface area contributed by atoms with Crippen LogP contribution in [0.15, 0.2) is 48.8 Å². The molecule has 0 saturated carbocycles. The van der Waals surface area contributed by atoms with E-state index in [-0.39, 0.29) is 24.4 Å². The Kier molecular flexibility index (Phi) is 6.53. The Labute approximate surface area is 193 Å². The van der Waals surface area contributed by atoms with E-state index in [0.717, 1.165) is 27.8 Å². The number of carbonyl (C=O) groups is 2. The molecule has 1 aliphatic rings. The van der Waals surface area contributed by atoms with Crippen molar-refractivity contribution < 1.29 is 14.3 Å². The monoisotopic (exact) mass is 449 g/mol. The van der Waals surface area contributed by atoms with Gasteiger partial charge in [-0.3, -0.25) is 4.79 Å². The number of nitrogens with one attached hydrogen (secondary N) is 4. The third kappa shape index (κ3) is 5.83. The summed E-state index contributed by atoms with van der Waals surface area (Å²) in [6.45, 7) is 6.26. The van der Waals surface area contributed by atoms with Gasteiger partial charge in [0.1, 0.15) is 11.2 Å². The van der Waals surface area contributed by atoms with Crippen molar-refractivity contribution in [3.8, 4) is 0 Å². The molecule has 0 bridgehead atoms. The van der Waals surface area contributed by atoms with Crippen LogP contribution in [-0.2, 0) is 22.4 Å². The number of aromatic nitrogens is 2. The second kappa shape index (κ2) is 9.52. The van der Waals surface area contributed by atoms with Gasteiger partial charge in [-0.1, -0.05) is 30.3 Å². The zero-order valence-electron chi connectivity index (χ0n) is 19.3. The van der Waals surface area contributed by atoms with Gasteiger partial charge in [-0.15, -0.1) is 0 Å². The van der Waals surface area contributed by atoms with Gasteiger partial charge in [0, 0.05) is 36.6 Å². The highest BCUT2D eigenvalue weighted by molar-refractivity contribution is 5.94. The van der Waals surface area contributed by atoms with Gasteiger partial charge in [0.2, 0.25) is 5.91 Å². The second-order valence-corrected chi connectivity index (χ2v) is 9.46. The highest BCUT2D eigenvalue weighted by Gasteiger charge is 2.27. The zero-order valence-corrected chi connectivity index (χ0v) is 19.3. The van der Waals surface area contributed by atoms with Crippen LogP contribution < -0.4 is 16.0 Å².